The standard InChI is InChI=1S/C25H30FN7O3S/c1-3-36-24-21-10-12-33(37(34,35)17-19-7-5-4-6-8-19)23(21)29-25(30-24)28-22-15-27-32(18(22)2)14-13-31-11-9-20(26)16-31/h4-8,10,12,15,20H,3,9,11,13-14,16-17H2,1-2H3,(H,28,29,30)/t20-/m0/s1. The molecular weight excluding hydrogens is 497 g/mol. The number of ether oxygens (including phenoxy) is 1. The Morgan fingerprint density at radius 1 is 1.16 bits per heavy atom. The van der Waals surface area contributed by atoms with Crippen LogP contribution in [0.5, 0.6) is 5.88 Å². The van der Waals surface area contributed by atoms with E-state index in [4.69, 9.17) is 4.74 Å². The summed E-state index contributed by atoms with van der Waals surface area (Å²) >= 11 is 0. The van der Waals surface area contributed by atoms with Gasteiger partial charge in [0.05, 0.1) is 41.9 Å². The molecule has 0 spiro atoms. The van der Waals surface area contributed by atoms with Crippen molar-refractivity contribution in [2.75, 3.05) is 31.6 Å². The molecule has 0 bridgehead atoms. The van der Waals surface area contributed by atoms with E-state index >= 15 is 0 Å². The van der Waals surface area contributed by atoms with Gasteiger partial charge in [-0.3, -0.25) is 9.58 Å². The molecule has 0 radical (unpaired) electrons. The summed E-state index contributed by atoms with van der Waals surface area (Å²) in [7, 11) is -3.75. The number of hydrogen-bond donors (Lipinski definition) is 1. The average Bonchev–Trinajstić information content (AvgIpc) is 3.58. The highest BCUT2D eigenvalue weighted by atomic mass is 32.2. The van der Waals surface area contributed by atoms with Gasteiger partial charge in [-0.1, -0.05) is 30.3 Å². The Kier molecular flexibility index (Phi) is 7.11. The number of rotatable bonds is 10. The highest BCUT2D eigenvalue weighted by molar-refractivity contribution is 7.89. The van der Waals surface area contributed by atoms with Crippen molar-refractivity contribution in [2.24, 2.45) is 0 Å². The van der Waals surface area contributed by atoms with Crippen molar-refractivity contribution in [3.05, 3.63) is 60.0 Å². The van der Waals surface area contributed by atoms with Crippen molar-refractivity contribution in [3.8, 4) is 5.88 Å². The van der Waals surface area contributed by atoms with Gasteiger partial charge in [0, 0.05) is 25.8 Å². The number of nitrogens with one attached hydrogen (secondary N) is 1. The second-order valence-corrected chi connectivity index (χ2v) is 10.9. The van der Waals surface area contributed by atoms with Gasteiger partial charge in [0.1, 0.15) is 6.17 Å². The summed E-state index contributed by atoms with van der Waals surface area (Å²) in [5, 5.41) is 8.13. The van der Waals surface area contributed by atoms with E-state index in [1.54, 1.807) is 36.5 Å². The second-order valence-electron chi connectivity index (χ2n) is 9.05. The van der Waals surface area contributed by atoms with Crippen LogP contribution < -0.4 is 10.1 Å². The van der Waals surface area contributed by atoms with Crippen LogP contribution in [0.25, 0.3) is 11.0 Å². The molecule has 1 atom stereocenters. The molecule has 0 unspecified atom stereocenters. The molecule has 1 aromatic carbocycles. The predicted molar refractivity (Wildman–Crippen MR) is 139 cm³/mol. The minimum atomic E-state index is -3.75. The summed E-state index contributed by atoms with van der Waals surface area (Å²) in [5.74, 6) is 0.331. The second kappa shape index (κ2) is 10.5. The Labute approximate surface area is 215 Å². The fourth-order valence-electron chi connectivity index (χ4n) is 4.49. The maximum Gasteiger partial charge on any atom is 0.244 e. The van der Waals surface area contributed by atoms with Gasteiger partial charge in [-0.2, -0.15) is 15.1 Å². The summed E-state index contributed by atoms with van der Waals surface area (Å²) < 4.78 is 48.8. The minimum Gasteiger partial charge on any atom is -0.477 e. The number of halogens is 1. The van der Waals surface area contributed by atoms with Crippen molar-refractivity contribution in [1.82, 2.24) is 28.6 Å². The van der Waals surface area contributed by atoms with Crippen LogP contribution in [-0.2, 0) is 22.3 Å². The third-order valence-corrected chi connectivity index (χ3v) is 8.03. The molecule has 10 nitrogen and oxygen atoms in total. The van der Waals surface area contributed by atoms with E-state index in [2.05, 4.69) is 25.3 Å². The molecule has 196 valence electrons. The quantitative estimate of drug-likeness (QED) is 0.334. The maximum absolute atomic E-state index is 13.5. The van der Waals surface area contributed by atoms with Crippen LogP contribution in [0.1, 0.15) is 24.6 Å². The summed E-state index contributed by atoms with van der Waals surface area (Å²) in [6, 6.07) is 10.7. The topological polar surface area (TPSA) is 107 Å². The van der Waals surface area contributed by atoms with Crippen LogP contribution in [0.15, 0.2) is 48.8 Å². The van der Waals surface area contributed by atoms with Gasteiger partial charge in [0.25, 0.3) is 0 Å². The molecule has 0 saturated carbocycles. The zero-order valence-electron chi connectivity index (χ0n) is 20.8. The van der Waals surface area contributed by atoms with Crippen molar-refractivity contribution >= 4 is 32.7 Å². The minimum absolute atomic E-state index is 0.166. The van der Waals surface area contributed by atoms with E-state index < -0.39 is 16.2 Å². The number of nitrogens with zero attached hydrogens (tertiary/aromatic N) is 6. The van der Waals surface area contributed by atoms with Gasteiger partial charge in [-0.25, -0.2) is 16.8 Å². The van der Waals surface area contributed by atoms with Crippen LogP contribution in [0.4, 0.5) is 16.0 Å². The van der Waals surface area contributed by atoms with E-state index in [-0.39, 0.29) is 17.3 Å². The highest BCUT2D eigenvalue weighted by Gasteiger charge is 2.23. The average molecular weight is 528 g/mol. The molecule has 5 rings (SSSR count). The molecule has 1 N–H and O–H groups in total. The number of likely N-dealkylation sites (tertiary alicyclic amines) is 1. The molecule has 0 amide bonds. The third-order valence-electron chi connectivity index (χ3n) is 6.44. The lowest BCUT2D eigenvalue weighted by Crippen LogP contribution is -2.26. The zero-order valence-corrected chi connectivity index (χ0v) is 21.7. The van der Waals surface area contributed by atoms with E-state index in [1.807, 2.05) is 24.6 Å². The summed E-state index contributed by atoms with van der Waals surface area (Å²) in [5.41, 5.74) is 2.47. The SMILES string of the molecule is CCOc1nc(Nc2cnn(CCN3CC[C@H](F)C3)c2C)nc2c1ccn2S(=O)(=O)Cc1ccccc1. The van der Waals surface area contributed by atoms with Gasteiger partial charge in [0.15, 0.2) is 5.65 Å². The van der Waals surface area contributed by atoms with E-state index in [0.29, 0.717) is 55.2 Å². The van der Waals surface area contributed by atoms with Crippen LogP contribution in [0.2, 0.25) is 0 Å². The fourth-order valence-corrected chi connectivity index (χ4v) is 5.89. The monoisotopic (exact) mass is 527 g/mol. The van der Waals surface area contributed by atoms with E-state index in [1.165, 1.54) is 10.2 Å². The molecular formula is C25H30FN7O3S. The molecule has 1 aliphatic heterocycles. The fraction of sp³-hybridized carbons (Fsp3) is 0.400. The first-order valence-corrected chi connectivity index (χ1v) is 13.9. The van der Waals surface area contributed by atoms with Gasteiger partial charge >= 0.3 is 0 Å². The first kappa shape index (κ1) is 25.2. The van der Waals surface area contributed by atoms with Crippen molar-refractivity contribution in [3.63, 3.8) is 0 Å². The Bertz CT molecular complexity index is 1490. The number of hydrogen-bond acceptors (Lipinski definition) is 8. The van der Waals surface area contributed by atoms with Crippen LogP contribution in [-0.4, -0.2) is 69.5 Å². The first-order chi connectivity index (χ1) is 17.8. The molecule has 1 aliphatic rings. The lowest BCUT2D eigenvalue weighted by atomic mass is 10.2. The number of benzene rings is 1. The number of fused-ring (bicyclic) bond motifs is 1. The van der Waals surface area contributed by atoms with Crippen LogP contribution in [0.3, 0.4) is 0 Å². The van der Waals surface area contributed by atoms with Crippen molar-refractivity contribution < 1.29 is 17.5 Å². The third kappa shape index (κ3) is 5.44. The molecule has 37 heavy (non-hydrogen) atoms. The van der Waals surface area contributed by atoms with Gasteiger partial charge in [-0.15, -0.1) is 0 Å². The van der Waals surface area contributed by atoms with E-state index in [9.17, 15) is 12.8 Å². The molecule has 1 fully saturated rings. The van der Waals surface area contributed by atoms with E-state index in [0.717, 1.165) is 12.2 Å². The Morgan fingerprint density at radius 3 is 2.70 bits per heavy atom. The molecule has 1 saturated heterocycles. The maximum atomic E-state index is 13.5. The van der Waals surface area contributed by atoms with Crippen molar-refractivity contribution in [1.29, 1.82) is 0 Å². The van der Waals surface area contributed by atoms with Gasteiger partial charge in [-0.05, 0) is 31.9 Å². The van der Waals surface area contributed by atoms with Gasteiger partial charge in [0.2, 0.25) is 21.9 Å². The first-order valence-electron chi connectivity index (χ1n) is 12.3. The highest BCUT2D eigenvalue weighted by Crippen LogP contribution is 2.29. The summed E-state index contributed by atoms with van der Waals surface area (Å²) in [6.07, 6.45) is 2.98. The summed E-state index contributed by atoms with van der Waals surface area (Å²) in [4.78, 5) is 11.1. The molecule has 4 aromatic rings. The number of alkyl halides is 1. The molecule has 4 heterocycles. The smallest absolute Gasteiger partial charge is 0.244 e. The molecule has 3 aromatic heterocycles. The Hall–Kier alpha value is -3.51. The Morgan fingerprint density at radius 2 is 1.97 bits per heavy atom. The van der Waals surface area contributed by atoms with Crippen molar-refractivity contribution in [2.45, 2.75) is 38.7 Å². The number of anilines is 2. The van der Waals surface area contributed by atoms with Crippen LogP contribution >= 0.6 is 0 Å². The number of aromatic nitrogens is 5. The Balaban J connectivity index is 1.42. The largest absolute Gasteiger partial charge is 0.477 e. The zero-order chi connectivity index (χ0) is 26.0. The summed E-state index contributed by atoms with van der Waals surface area (Å²) in [6.45, 7) is 6.69. The molecule has 0 aliphatic carbocycles. The lowest BCUT2D eigenvalue weighted by molar-refractivity contribution is 0.275. The normalized spacial score (nSPS) is 16.5. The van der Waals surface area contributed by atoms with Crippen LogP contribution in [0, 0.1) is 6.92 Å². The predicted octanol–water partition coefficient (Wildman–Crippen LogP) is 3.50. The molecule has 12 heteroatoms. The lowest BCUT2D eigenvalue weighted by Gasteiger charge is -2.15. The van der Waals surface area contributed by atoms with Gasteiger partial charge < -0.3 is 10.1 Å².